The molecule has 0 aliphatic rings. The molecule has 1 amide bonds. The minimum Gasteiger partial charge on any atom is -0.490 e. The molecule has 0 saturated carbocycles. The van der Waals surface area contributed by atoms with Gasteiger partial charge in [0.2, 0.25) is 0 Å². The molecule has 0 radical (unpaired) electrons. The van der Waals surface area contributed by atoms with Gasteiger partial charge in [-0.05, 0) is 81.7 Å². The van der Waals surface area contributed by atoms with Gasteiger partial charge < -0.3 is 9.47 Å². The Labute approximate surface area is 241 Å². The maximum absolute atomic E-state index is 12.6. The van der Waals surface area contributed by atoms with Crippen LogP contribution in [0.4, 0.5) is 5.69 Å². The molecule has 1 N–H and O–H groups in total. The number of fused-ring (bicyclic) bond motifs is 2. The first-order valence-corrected chi connectivity index (χ1v) is 13.9. The van der Waals surface area contributed by atoms with Gasteiger partial charge in [0.15, 0.2) is 11.5 Å². The van der Waals surface area contributed by atoms with Crippen LogP contribution < -0.4 is 14.9 Å². The van der Waals surface area contributed by atoms with Gasteiger partial charge in [-0.1, -0.05) is 36.4 Å². The van der Waals surface area contributed by atoms with Crippen LogP contribution in [0.3, 0.4) is 0 Å². The molecular formula is C29H22IN3O5S. The minimum absolute atomic E-state index is 0.0188. The predicted octanol–water partition coefficient (Wildman–Crippen LogP) is 7.31. The highest BCUT2D eigenvalue weighted by atomic mass is 127. The van der Waals surface area contributed by atoms with E-state index in [1.807, 2.05) is 31.2 Å². The van der Waals surface area contributed by atoms with Crippen LogP contribution >= 0.6 is 33.9 Å². The quantitative estimate of drug-likeness (QED) is 0.0780. The number of benzene rings is 4. The van der Waals surface area contributed by atoms with Gasteiger partial charge in [-0.2, -0.15) is 5.10 Å². The zero-order valence-corrected chi connectivity index (χ0v) is 23.7. The average Bonchev–Trinajstić information content (AvgIpc) is 3.36. The first-order valence-electron chi connectivity index (χ1n) is 12.0. The molecule has 8 nitrogen and oxygen atoms in total. The minimum atomic E-state index is -0.460. The van der Waals surface area contributed by atoms with E-state index >= 15 is 0 Å². The van der Waals surface area contributed by atoms with E-state index in [1.54, 1.807) is 12.1 Å². The van der Waals surface area contributed by atoms with E-state index in [0.29, 0.717) is 35.0 Å². The molecule has 5 rings (SSSR count). The van der Waals surface area contributed by atoms with Crippen LogP contribution in [0, 0.1) is 13.7 Å². The van der Waals surface area contributed by atoms with Crippen molar-refractivity contribution in [2.24, 2.45) is 5.10 Å². The van der Waals surface area contributed by atoms with Gasteiger partial charge in [-0.3, -0.25) is 14.9 Å². The number of hydrogen-bond donors (Lipinski definition) is 1. The molecule has 4 aromatic carbocycles. The maximum Gasteiger partial charge on any atom is 0.281 e. The smallest absolute Gasteiger partial charge is 0.281 e. The largest absolute Gasteiger partial charge is 0.490 e. The molecule has 5 aromatic rings. The lowest BCUT2D eigenvalue weighted by Gasteiger charge is -2.15. The highest BCUT2D eigenvalue weighted by molar-refractivity contribution is 14.1. The molecule has 0 fully saturated rings. The summed E-state index contributed by atoms with van der Waals surface area (Å²) in [4.78, 5) is 23.6. The zero-order valence-electron chi connectivity index (χ0n) is 20.7. The summed E-state index contributed by atoms with van der Waals surface area (Å²) in [6.07, 6.45) is 1.54. The van der Waals surface area contributed by atoms with Gasteiger partial charge in [-0.15, -0.1) is 11.3 Å². The summed E-state index contributed by atoms with van der Waals surface area (Å²) < 4.78 is 13.7. The molecule has 0 atom stereocenters. The molecule has 10 heteroatoms. The Kier molecular flexibility index (Phi) is 8.03. The molecule has 1 aromatic heterocycles. The van der Waals surface area contributed by atoms with E-state index in [0.717, 1.165) is 24.8 Å². The number of non-ortho nitro benzene ring substituents is 1. The lowest BCUT2D eigenvalue weighted by Crippen LogP contribution is -2.16. The van der Waals surface area contributed by atoms with Crippen molar-refractivity contribution in [3.8, 4) is 11.5 Å². The number of halogens is 1. The molecule has 0 spiro atoms. The number of nitro groups is 1. The fraction of sp³-hybridized carbons (Fsp3) is 0.103. The van der Waals surface area contributed by atoms with Crippen LogP contribution in [0.5, 0.6) is 11.5 Å². The van der Waals surface area contributed by atoms with Crippen LogP contribution in [0.2, 0.25) is 0 Å². The van der Waals surface area contributed by atoms with Crippen LogP contribution in [0.1, 0.15) is 27.7 Å². The van der Waals surface area contributed by atoms with E-state index in [2.05, 4.69) is 63.4 Å². The Bertz CT molecular complexity index is 1730. The summed E-state index contributed by atoms with van der Waals surface area (Å²) in [5, 5.41) is 18.1. The van der Waals surface area contributed by atoms with Crippen LogP contribution in [0.25, 0.3) is 20.9 Å². The van der Waals surface area contributed by atoms with Gasteiger partial charge in [0.1, 0.15) is 6.61 Å². The van der Waals surface area contributed by atoms with Crippen molar-refractivity contribution >= 4 is 72.6 Å². The highest BCUT2D eigenvalue weighted by Gasteiger charge is 2.14. The third-order valence-electron chi connectivity index (χ3n) is 5.84. The second-order valence-corrected chi connectivity index (χ2v) is 10.8. The van der Waals surface area contributed by atoms with Crippen molar-refractivity contribution < 1.29 is 19.2 Å². The van der Waals surface area contributed by atoms with Crippen LogP contribution in [0.15, 0.2) is 84.0 Å². The summed E-state index contributed by atoms with van der Waals surface area (Å²) >= 11 is 3.44. The number of hydrazone groups is 1. The fourth-order valence-electron chi connectivity index (χ4n) is 4.03. The Hall–Kier alpha value is -4.03. The number of rotatable bonds is 9. The number of hydrogen-bond acceptors (Lipinski definition) is 7. The van der Waals surface area contributed by atoms with Crippen molar-refractivity contribution in [3.63, 3.8) is 0 Å². The average molecular weight is 651 g/mol. The summed E-state index contributed by atoms with van der Waals surface area (Å²) in [6, 6.07) is 24.3. The van der Waals surface area contributed by atoms with E-state index in [-0.39, 0.29) is 5.69 Å². The van der Waals surface area contributed by atoms with Crippen LogP contribution in [-0.2, 0) is 6.61 Å². The molecule has 0 aliphatic carbocycles. The second kappa shape index (κ2) is 11.8. The number of ether oxygens (including phenoxy) is 2. The summed E-state index contributed by atoms with van der Waals surface area (Å²) in [7, 11) is 0. The molecule has 39 heavy (non-hydrogen) atoms. The fourth-order valence-corrected chi connectivity index (χ4v) is 5.74. The number of carbonyl (C=O) groups is 1. The number of nitrogens with one attached hydrogen (secondary N) is 1. The molecule has 0 unspecified atom stereocenters. The van der Waals surface area contributed by atoms with E-state index in [9.17, 15) is 14.9 Å². The zero-order chi connectivity index (χ0) is 27.4. The number of thiophene rings is 1. The van der Waals surface area contributed by atoms with Gasteiger partial charge in [0.05, 0.1) is 26.2 Å². The van der Waals surface area contributed by atoms with Gasteiger partial charge in [0, 0.05) is 22.2 Å². The van der Waals surface area contributed by atoms with E-state index < -0.39 is 10.8 Å². The predicted molar refractivity (Wildman–Crippen MR) is 162 cm³/mol. The lowest BCUT2D eigenvalue weighted by molar-refractivity contribution is -0.384. The first-order chi connectivity index (χ1) is 18.9. The SMILES string of the molecule is CCOc1cc(/C=N\NC(=O)c2cc3cc([N+](=O)[O-])ccc3s2)cc(I)c1OCc1ccc2ccccc2c1. The van der Waals surface area contributed by atoms with Crippen molar-refractivity contribution in [3.05, 3.63) is 109 Å². The first kappa shape index (κ1) is 26.6. The Morgan fingerprint density at radius 1 is 1.03 bits per heavy atom. The number of carbonyl (C=O) groups excluding carboxylic acids is 1. The molecule has 1 heterocycles. The van der Waals surface area contributed by atoms with Gasteiger partial charge in [0.25, 0.3) is 11.6 Å². The van der Waals surface area contributed by atoms with E-state index in [4.69, 9.17) is 9.47 Å². The maximum atomic E-state index is 12.6. The van der Waals surface area contributed by atoms with E-state index in [1.165, 1.54) is 35.1 Å². The van der Waals surface area contributed by atoms with Crippen molar-refractivity contribution in [2.75, 3.05) is 6.61 Å². The Morgan fingerprint density at radius 3 is 2.64 bits per heavy atom. The van der Waals surface area contributed by atoms with Gasteiger partial charge in [-0.25, -0.2) is 5.43 Å². The van der Waals surface area contributed by atoms with Crippen molar-refractivity contribution in [1.29, 1.82) is 0 Å². The highest BCUT2D eigenvalue weighted by Crippen LogP contribution is 2.35. The summed E-state index contributed by atoms with van der Waals surface area (Å²) in [5.74, 6) is 0.834. The van der Waals surface area contributed by atoms with Gasteiger partial charge >= 0.3 is 0 Å². The topological polar surface area (TPSA) is 103 Å². The number of amides is 1. The Balaban J connectivity index is 1.28. The molecule has 196 valence electrons. The Morgan fingerprint density at radius 2 is 1.85 bits per heavy atom. The number of nitro benzene ring substituents is 1. The molecule has 0 saturated heterocycles. The summed E-state index contributed by atoms with van der Waals surface area (Å²) in [5.41, 5.74) is 4.29. The van der Waals surface area contributed by atoms with Crippen molar-refractivity contribution in [2.45, 2.75) is 13.5 Å². The standard InChI is InChI=1S/C29H22IN3O5S/c1-2-37-25-13-19(12-24(30)28(25)38-17-18-7-8-20-5-3-4-6-21(20)11-18)16-31-32-29(34)27-15-22-14-23(33(35)36)9-10-26(22)39-27/h3-16H,2,17H2,1H3,(H,32,34)/b31-16-. The molecule has 0 aliphatic heterocycles. The second-order valence-electron chi connectivity index (χ2n) is 8.52. The lowest BCUT2D eigenvalue weighted by atomic mass is 10.1. The third kappa shape index (κ3) is 6.18. The number of nitrogens with zero attached hydrogens (tertiary/aromatic N) is 2. The van der Waals surface area contributed by atoms with Crippen LogP contribution in [-0.4, -0.2) is 23.7 Å². The molecular weight excluding hydrogens is 629 g/mol. The van der Waals surface area contributed by atoms with Crippen molar-refractivity contribution in [1.82, 2.24) is 5.43 Å². The normalized spacial score (nSPS) is 11.2. The molecule has 0 bridgehead atoms. The monoisotopic (exact) mass is 651 g/mol. The summed E-state index contributed by atoms with van der Waals surface area (Å²) in [6.45, 7) is 2.76. The third-order valence-corrected chi connectivity index (χ3v) is 7.76.